The molecule has 0 heterocycles. The maximum Gasteiger partial charge on any atom is 0.251 e. The van der Waals surface area contributed by atoms with Gasteiger partial charge in [-0.25, -0.2) is 0 Å². The van der Waals surface area contributed by atoms with Crippen LogP contribution in [0.2, 0.25) is 0 Å². The molecular formula is C13H19BrN2O. The van der Waals surface area contributed by atoms with Crippen molar-refractivity contribution in [2.75, 3.05) is 27.2 Å². The summed E-state index contributed by atoms with van der Waals surface area (Å²) in [6, 6.07) is 3.93. The molecule has 17 heavy (non-hydrogen) atoms. The lowest BCUT2D eigenvalue weighted by molar-refractivity contribution is 0.0950. The van der Waals surface area contributed by atoms with Crippen molar-refractivity contribution >= 4 is 21.8 Å². The molecule has 3 nitrogen and oxygen atoms in total. The van der Waals surface area contributed by atoms with E-state index in [9.17, 15) is 4.79 Å². The molecule has 4 heteroatoms. The SMILES string of the molecule is Cc1cc(Br)cc(C)c1C(=O)NCCN(C)C. The van der Waals surface area contributed by atoms with E-state index in [-0.39, 0.29) is 5.91 Å². The highest BCUT2D eigenvalue weighted by molar-refractivity contribution is 9.10. The van der Waals surface area contributed by atoms with Crippen LogP contribution in [-0.4, -0.2) is 38.0 Å². The summed E-state index contributed by atoms with van der Waals surface area (Å²) in [6.45, 7) is 5.43. The van der Waals surface area contributed by atoms with Gasteiger partial charge < -0.3 is 10.2 Å². The highest BCUT2D eigenvalue weighted by Gasteiger charge is 2.12. The van der Waals surface area contributed by atoms with Gasteiger partial charge in [0.1, 0.15) is 0 Å². The van der Waals surface area contributed by atoms with Crippen LogP contribution < -0.4 is 5.32 Å². The molecule has 1 N–H and O–H groups in total. The summed E-state index contributed by atoms with van der Waals surface area (Å²) >= 11 is 3.43. The number of carbonyl (C=O) groups is 1. The molecule has 94 valence electrons. The van der Waals surface area contributed by atoms with E-state index in [1.54, 1.807) is 0 Å². The van der Waals surface area contributed by atoms with Crippen LogP contribution in [0.25, 0.3) is 0 Å². The summed E-state index contributed by atoms with van der Waals surface area (Å²) in [5, 5.41) is 2.94. The average molecular weight is 299 g/mol. The molecule has 1 aromatic rings. The fourth-order valence-electron chi connectivity index (χ4n) is 1.75. The Kier molecular flexibility index (Phi) is 5.15. The number of nitrogens with one attached hydrogen (secondary N) is 1. The fraction of sp³-hybridized carbons (Fsp3) is 0.462. The van der Waals surface area contributed by atoms with Crippen LogP contribution in [0.4, 0.5) is 0 Å². The van der Waals surface area contributed by atoms with Crippen LogP contribution in [0.5, 0.6) is 0 Å². The molecule has 0 radical (unpaired) electrons. The van der Waals surface area contributed by atoms with E-state index in [0.29, 0.717) is 6.54 Å². The molecular weight excluding hydrogens is 280 g/mol. The van der Waals surface area contributed by atoms with Crippen molar-refractivity contribution in [1.29, 1.82) is 0 Å². The van der Waals surface area contributed by atoms with Crippen LogP contribution in [-0.2, 0) is 0 Å². The molecule has 0 saturated heterocycles. The fourth-order valence-corrected chi connectivity index (χ4v) is 2.44. The number of nitrogens with zero attached hydrogens (tertiary/aromatic N) is 1. The van der Waals surface area contributed by atoms with Crippen molar-refractivity contribution in [3.8, 4) is 0 Å². The zero-order valence-electron chi connectivity index (χ0n) is 10.8. The van der Waals surface area contributed by atoms with E-state index in [1.165, 1.54) is 0 Å². The molecule has 0 fully saturated rings. The van der Waals surface area contributed by atoms with Crippen molar-refractivity contribution in [3.05, 3.63) is 33.3 Å². The quantitative estimate of drug-likeness (QED) is 0.925. The van der Waals surface area contributed by atoms with E-state index in [2.05, 4.69) is 21.2 Å². The summed E-state index contributed by atoms with van der Waals surface area (Å²) in [5.41, 5.74) is 2.78. The van der Waals surface area contributed by atoms with Crippen molar-refractivity contribution in [2.24, 2.45) is 0 Å². The van der Waals surface area contributed by atoms with E-state index in [1.807, 2.05) is 45.0 Å². The van der Waals surface area contributed by atoms with Gasteiger partial charge in [0, 0.05) is 23.1 Å². The number of carbonyl (C=O) groups excluding carboxylic acids is 1. The molecule has 1 amide bonds. The summed E-state index contributed by atoms with van der Waals surface area (Å²) < 4.78 is 1.01. The number of aryl methyl sites for hydroxylation is 2. The minimum Gasteiger partial charge on any atom is -0.351 e. The Bertz CT molecular complexity index is 393. The van der Waals surface area contributed by atoms with Crippen LogP contribution in [0.15, 0.2) is 16.6 Å². The van der Waals surface area contributed by atoms with E-state index >= 15 is 0 Å². The lowest BCUT2D eigenvalue weighted by atomic mass is 10.0. The van der Waals surface area contributed by atoms with Gasteiger partial charge in [0.25, 0.3) is 5.91 Å². The largest absolute Gasteiger partial charge is 0.351 e. The maximum absolute atomic E-state index is 12.0. The number of benzene rings is 1. The summed E-state index contributed by atoms with van der Waals surface area (Å²) in [7, 11) is 3.98. The van der Waals surface area contributed by atoms with Gasteiger partial charge in [-0.05, 0) is 51.2 Å². The molecule has 0 saturated carbocycles. The number of halogens is 1. The first-order chi connectivity index (χ1) is 7.91. The molecule has 0 aliphatic heterocycles. The number of amides is 1. The third-order valence-corrected chi connectivity index (χ3v) is 3.03. The summed E-state index contributed by atoms with van der Waals surface area (Å²) in [6.07, 6.45) is 0. The van der Waals surface area contributed by atoms with Gasteiger partial charge in [0.2, 0.25) is 0 Å². The van der Waals surface area contributed by atoms with Crippen LogP contribution >= 0.6 is 15.9 Å². The molecule has 0 aliphatic carbocycles. The minimum absolute atomic E-state index is 0.00866. The Morgan fingerprint density at radius 1 is 1.29 bits per heavy atom. The lowest BCUT2D eigenvalue weighted by Gasteiger charge is -2.13. The van der Waals surface area contributed by atoms with Gasteiger partial charge in [-0.1, -0.05) is 15.9 Å². The Balaban J connectivity index is 2.76. The van der Waals surface area contributed by atoms with Crippen molar-refractivity contribution in [1.82, 2.24) is 10.2 Å². The molecule has 0 unspecified atom stereocenters. The molecule has 1 aromatic carbocycles. The average Bonchev–Trinajstić information content (AvgIpc) is 2.14. The van der Waals surface area contributed by atoms with E-state index in [4.69, 9.17) is 0 Å². The molecule has 0 spiro atoms. The number of likely N-dealkylation sites (N-methyl/N-ethyl adjacent to an activating group) is 1. The lowest BCUT2D eigenvalue weighted by Crippen LogP contribution is -2.32. The Hall–Kier alpha value is -0.870. The minimum atomic E-state index is 0.00866. The van der Waals surface area contributed by atoms with Gasteiger partial charge in [-0.3, -0.25) is 4.79 Å². The van der Waals surface area contributed by atoms with Gasteiger partial charge in [-0.2, -0.15) is 0 Å². The van der Waals surface area contributed by atoms with Crippen molar-refractivity contribution < 1.29 is 4.79 Å². The van der Waals surface area contributed by atoms with E-state index in [0.717, 1.165) is 27.7 Å². The number of hydrogen-bond acceptors (Lipinski definition) is 2. The Labute approximate surface area is 111 Å². The maximum atomic E-state index is 12.0. The first kappa shape index (κ1) is 14.2. The molecule has 0 aliphatic rings. The van der Waals surface area contributed by atoms with Gasteiger partial charge in [0.15, 0.2) is 0 Å². The summed E-state index contributed by atoms with van der Waals surface area (Å²) in [5.74, 6) is 0.00866. The predicted molar refractivity (Wildman–Crippen MR) is 74.5 cm³/mol. The number of hydrogen-bond donors (Lipinski definition) is 1. The number of rotatable bonds is 4. The van der Waals surface area contributed by atoms with Gasteiger partial charge in [0.05, 0.1) is 0 Å². The second-order valence-corrected chi connectivity index (χ2v) is 5.39. The zero-order valence-corrected chi connectivity index (χ0v) is 12.4. The standard InChI is InChI=1S/C13H19BrN2O/c1-9-7-11(14)8-10(2)12(9)13(17)15-5-6-16(3)4/h7-8H,5-6H2,1-4H3,(H,15,17). The normalized spacial score (nSPS) is 10.7. The summed E-state index contributed by atoms with van der Waals surface area (Å²) in [4.78, 5) is 14.1. The predicted octanol–water partition coefficient (Wildman–Crippen LogP) is 2.36. The van der Waals surface area contributed by atoms with Crippen molar-refractivity contribution in [3.63, 3.8) is 0 Å². The van der Waals surface area contributed by atoms with Crippen LogP contribution in [0.3, 0.4) is 0 Å². The molecule has 1 rings (SSSR count). The topological polar surface area (TPSA) is 32.3 Å². The van der Waals surface area contributed by atoms with Gasteiger partial charge >= 0.3 is 0 Å². The Morgan fingerprint density at radius 3 is 2.29 bits per heavy atom. The zero-order chi connectivity index (χ0) is 13.0. The molecule has 0 atom stereocenters. The smallest absolute Gasteiger partial charge is 0.251 e. The van der Waals surface area contributed by atoms with Crippen LogP contribution in [0, 0.1) is 13.8 Å². The van der Waals surface area contributed by atoms with Gasteiger partial charge in [-0.15, -0.1) is 0 Å². The van der Waals surface area contributed by atoms with E-state index < -0.39 is 0 Å². The third kappa shape index (κ3) is 4.13. The molecule has 0 aromatic heterocycles. The Morgan fingerprint density at radius 2 is 1.82 bits per heavy atom. The first-order valence-electron chi connectivity index (χ1n) is 5.61. The third-order valence-electron chi connectivity index (χ3n) is 2.57. The van der Waals surface area contributed by atoms with Crippen molar-refractivity contribution in [2.45, 2.75) is 13.8 Å². The molecule has 0 bridgehead atoms. The first-order valence-corrected chi connectivity index (χ1v) is 6.41. The second-order valence-electron chi connectivity index (χ2n) is 4.47. The highest BCUT2D eigenvalue weighted by Crippen LogP contribution is 2.20. The monoisotopic (exact) mass is 298 g/mol. The van der Waals surface area contributed by atoms with Crippen LogP contribution in [0.1, 0.15) is 21.5 Å². The second kappa shape index (κ2) is 6.17. The highest BCUT2D eigenvalue weighted by atomic mass is 79.9.